The fraction of sp³-hybridized carbons (Fsp3) is 0.933. The Morgan fingerprint density at radius 3 is 2.44 bits per heavy atom. The summed E-state index contributed by atoms with van der Waals surface area (Å²) >= 11 is 0. The van der Waals surface area contributed by atoms with Crippen molar-refractivity contribution in [2.45, 2.75) is 53.4 Å². The molecule has 0 N–H and O–H groups in total. The van der Waals surface area contributed by atoms with Crippen LogP contribution in [0.5, 0.6) is 0 Å². The summed E-state index contributed by atoms with van der Waals surface area (Å²) < 4.78 is 0. The van der Waals surface area contributed by atoms with Crippen molar-refractivity contribution < 1.29 is 4.79 Å². The van der Waals surface area contributed by atoms with Gasteiger partial charge >= 0.3 is 0 Å². The third-order valence-electron chi connectivity index (χ3n) is 5.21. The van der Waals surface area contributed by atoms with Crippen molar-refractivity contribution in [3.63, 3.8) is 0 Å². The molecule has 0 heterocycles. The summed E-state index contributed by atoms with van der Waals surface area (Å²) in [7, 11) is 0. The normalized spacial score (nSPS) is 44.6. The summed E-state index contributed by atoms with van der Waals surface area (Å²) in [5.41, 5.74) is 0. The zero-order chi connectivity index (χ0) is 11.9. The topological polar surface area (TPSA) is 17.1 Å². The second-order valence-corrected chi connectivity index (χ2v) is 6.63. The third kappa shape index (κ3) is 2.06. The van der Waals surface area contributed by atoms with E-state index in [-0.39, 0.29) is 0 Å². The summed E-state index contributed by atoms with van der Waals surface area (Å²) in [4.78, 5) is 12.1. The van der Waals surface area contributed by atoms with Gasteiger partial charge < -0.3 is 0 Å². The highest BCUT2D eigenvalue weighted by Crippen LogP contribution is 2.47. The van der Waals surface area contributed by atoms with Gasteiger partial charge in [0, 0.05) is 12.3 Å². The van der Waals surface area contributed by atoms with Gasteiger partial charge in [-0.3, -0.25) is 4.79 Å². The van der Waals surface area contributed by atoms with Gasteiger partial charge in [-0.25, -0.2) is 0 Å². The molecule has 0 amide bonds. The molecule has 0 radical (unpaired) electrons. The van der Waals surface area contributed by atoms with Gasteiger partial charge in [-0.15, -0.1) is 0 Å². The molecule has 0 spiro atoms. The first-order chi connectivity index (χ1) is 7.50. The molecule has 5 atom stereocenters. The van der Waals surface area contributed by atoms with E-state index in [9.17, 15) is 4.79 Å². The Bertz CT molecular complexity index is 269. The lowest BCUT2D eigenvalue weighted by atomic mass is 9.78. The SMILES string of the molecule is CC(C)C1CC[C@H](C)[C@H]2C(=O)C[C@H](C)[C@@H]2C1. The van der Waals surface area contributed by atoms with Gasteiger partial charge in [0.2, 0.25) is 0 Å². The molecular weight excluding hydrogens is 196 g/mol. The van der Waals surface area contributed by atoms with Crippen LogP contribution in [0.3, 0.4) is 0 Å². The van der Waals surface area contributed by atoms with E-state index in [4.69, 9.17) is 0 Å². The Labute approximate surface area is 100.0 Å². The minimum atomic E-state index is 0.402. The minimum absolute atomic E-state index is 0.402. The molecule has 1 nitrogen and oxygen atoms in total. The van der Waals surface area contributed by atoms with E-state index < -0.39 is 0 Å². The van der Waals surface area contributed by atoms with Gasteiger partial charge in [-0.05, 0) is 48.9 Å². The standard InChI is InChI=1S/C15H26O/c1-9(2)12-6-5-10(3)15-13(8-12)11(4)7-14(15)16/h9-13,15H,5-8H2,1-4H3/t10-,11-,12?,13-,15+/m0/s1. The molecule has 2 rings (SSSR count). The fourth-order valence-electron chi connectivity index (χ4n) is 4.05. The van der Waals surface area contributed by atoms with Crippen LogP contribution in [0.4, 0.5) is 0 Å². The third-order valence-corrected chi connectivity index (χ3v) is 5.21. The lowest BCUT2D eigenvalue weighted by Crippen LogP contribution is -2.23. The number of ketones is 1. The molecule has 92 valence electrons. The Morgan fingerprint density at radius 2 is 1.81 bits per heavy atom. The van der Waals surface area contributed by atoms with Crippen molar-refractivity contribution in [3.05, 3.63) is 0 Å². The van der Waals surface area contributed by atoms with Crippen LogP contribution in [0.25, 0.3) is 0 Å². The fourth-order valence-corrected chi connectivity index (χ4v) is 4.05. The first-order valence-corrected chi connectivity index (χ1v) is 7.03. The Balaban J connectivity index is 2.18. The maximum Gasteiger partial charge on any atom is 0.136 e. The van der Waals surface area contributed by atoms with Crippen molar-refractivity contribution in [1.82, 2.24) is 0 Å². The smallest absolute Gasteiger partial charge is 0.136 e. The van der Waals surface area contributed by atoms with Crippen LogP contribution in [0, 0.1) is 35.5 Å². The summed E-state index contributed by atoms with van der Waals surface area (Å²) in [6, 6.07) is 0. The van der Waals surface area contributed by atoms with Crippen LogP contribution < -0.4 is 0 Å². The molecule has 2 aliphatic carbocycles. The number of rotatable bonds is 1. The molecular formula is C15H26O. The van der Waals surface area contributed by atoms with E-state index in [2.05, 4.69) is 27.7 Å². The molecule has 0 aromatic rings. The van der Waals surface area contributed by atoms with Crippen LogP contribution in [-0.2, 0) is 4.79 Å². The van der Waals surface area contributed by atoms with Crippen molar-refractivity contribution in [2.24, 2.45) is 35.5 Å². The first-order valence-electron chi connectivity index (χ1n) is 7.03. The van der Waals surface area contributed by atoms with Gasteiger partial charge in [0.15, 0.2) is 0 Å². The van der Waals surface area contributed by atoms with Crippen LogP contribution in [0.1, 0.15) is 53.4 Å². The lowest BCUT2D eigenvalue weighted by Gasteiger charge is -2.26. The van der Waals surface area contributed by atoms with Gasteiger partial charge in [0.05, 0.1) is 0 Å². The Kier molecular flexibility index (Phi) is 3.42. The van der Waals surface area contributed by atoms with Crippen molar-refractivity contribution >= 4 is 5.78 Å². The molecule has 2 saturated carbocycles. The molecule has 1 heteroatoms. The summed E-state index contributed by atoms with van der Waals surface area (Å²) in [6.45, 7) is 9.28. The highest BCUT2D eigenvalue weighted by Gasteiger charge is 2.45. The van der Waals surface area contributed by atoms with Crippen LogP contribution in [-0.4, -0.2) is 5.78 Å². The van der Waals surface area contributed by atoms with Gasteiger partial charge in [-0.2, -0.15) is 0 Å². The number of hydrogen-bond acceptors (Lipinski definition) is 1. The van der Waals surface area contributed by atoms with E-state index in [1.165, 1.54) is 19.3 Å². The Morgan fingerprint density at radius 1 is 1.12 bits per heavy atom. The number of Topliss-reactive ketones (excluding diaryl/α,β-unsaturated/α-hetero) is 1. The molecule has 0 saturated heterocycles. The maximum absolute atomic E-state index is 12.1. The van der Waals surface area contributed by atoms with E-state index in [0.717, 1.165) is 18.3 Å². The average Bonchev–Trinajstić information content (AvgIpc) is 2.39. The monoisotopic (exact) mass is 222 g/mol. The predicted molar refractivity (Wildman–Crippen MR) is 67.1 cm³/mol. The minimum Gasteiger partial charge on any atom is -0.299 e. The van der Waals surface area contributed by atoms with Crippen LogP contribution >= 0.6 is 0 Å². The highest BCUT2D eigenvalue weighted by molar-refractivity contribution is 5.84. The molecule has 0 aliphatic heterocycles. The number of hydrogen-bond donors (Lipinski definition) is 0. The second-order valence-electron chi connectivity index (χ2n) is 6.63. The molecule has 0 bridgehead atoms. The lowest BCUT2D eigenvalue weighted by molar-refractivity contribution is -0.122. The van der Waals surface area contributed by atoms with E-state index in [0.29, 0.717) is 29.5 Å². The van der Waals surface area contributed by atoms with Gasteiger partial charge in [-0.1, -0.05) is 27.7 Å². The molecule has 0 aromatic carbocycles. The first kappa shape index (κ1) is 12.1. The van der Waals surface area contributed by atoms with E-state index in [1.807, 2.05) is 0 Å². The van der Waals surface area contributed by atoms with E-state index in [1.54, 1.807) is 0 Å². The van der Waals surface area contributed by atoms with Gasteiger partial charge in [0.25, 0.3) is 0 Å². The van der Waals surface area contributed by atoms with E-state index >= 15 is 0 Å². The van der Waals surface area contributed by atoms with Crippen molar-refractivity contribution in [2.75, 3.05) is 0 Å². The zero-order valence-electron chi connectivity index (χ0n) is 11.2. The second kappa shape index (κ2) is 4.50. The molecule has 16 heavy (non-hydrogen) atoms. The van der Waals surface area contributed by atoms with Crippen molar-refractivity contribution in [1.29, 1.82) is 0 Å². The van der Waals surface area contributed by atoms with Crippen molar-refractivity contribution in [3.8, 4) is 0 Å². The average molecular weight is 222 g/mol. The number of carbonyl (C=O) groups is 1. The molecule has 2 aliphatic rings. The zero-order valence-corrected chi connectivity index (χ0v) is 11.2. The van der Waals surface area contributed by atoms with Crippen LogP contribution in [0.15, 0.2) is 0 Å². The largest absolute Gasteiger partial charge is 0.299 e. The quantitative estimate of drug-likeness (QED) is 0.657. The van der Waals surface area contributed by atoms with Crippen LogP contribution in [0.2, 0.25) is 0 Å². The van der Waals surface area contributed by atoms with Gasteiger partial charge in [0.1, 0.15) is 5.78 Å². The molecule has 1 unspecified atom stereocenters. The molecule has 2 fully saturated rings. The predicted octanol–water partition coefficient (Wildman–Crippen LogP) is 3.92. The highest BCUT2D eigenvalue weighted by atomic mass is 16.1. The number of carbonyl (C=O) groups excluding carboxylic acids is 1. The summed E-state index contributed by atoms with van der Waals surface area (Å²) in [5, 5.41) is 0. The summed E-state index contributed by atoms with van der Waals surface area (Å²) in [6.07, 6.45) is 4.76. The summed E-state index contributed by atoms with van der Waals surface area (Å²) in [5.74, 6) is 4.57. The number of fused-ring (bicyclic) bond motifs is 1. The Hall–Kier alpha value is -0.330. The molecule has 0 aromatic heterocycles. The maximum atomic E-state index is 12.1.